The molecule has 0 radical (unpaired) electrons. The van der Waals surface area contributed by atoms with Crippen molar-refractivity contribution in [2.75, 3.05) is 26.7 Å². The van der Waals surface area contributed by atoms with Crippen molar-refractivity contribution in [2.45, 2.75) is 87.1 Å². The Kier molecular flexibility index (Phi) is 14.1. The zero-order chi connectivity index (χ0) is 46.8. The second-order valence-corrected chi connectivity index (χ2v) is 18.8. The van der Waals surface area contributed by atoms with E-state index >= 15 is 0 Å². The third-order valence-electron chi connectivity index (χ3n) is 12.1. The normalized spacial score (nSPS) is 21.3. The molecule has 1 unspecified atom stereocenters. The topological polar surface area (TPSA) is 254 Å². The van der Waals surface area contributed by atoms with E-state index in [1.54, 1.807) is 19.2 Å². The largest absolute Gasteiger partial charge is 0.490 e. The fourth-order valence-electron chi connectivity index (χ4n) is 8.70. The predicted octanol–water partition coefficient (Wildman–Crippen LogP) is 3.78. The van der Waals surface area contributed by atoms with Gasteiger partial charge in [-0.1, -0.05) is 54.1 Å². The first-order chi connectivity index (χ1) is 30.8. The van der Waals surface area contributed by atoms with Crippen molar-refractivity contribution in [2.24, 2.45) is 5.73 Å². The van der Waals surface area contributed by atoms with Gasteiger partial charge in [-0.3, -0.25) is 38.6 Å². The summed E-state index contributed by atoms with van der Waals surface area (Å²) in [6.45, 7) is 0.517. The van der Waals surface area contributed by atoms with Crippen molar-refractivity contribution >= 4 is 65.5 Å². The zero-order valence-corrected chi connectivity index (χ0v) is 36.9. The number of alkyl halides is 2. The van der Waals surface area contributed by atoms with Gasteiger partial charge in [0, 0.05) is 41.9 Å². The van der Waals surface area contributed by atoms with E-state index in [1.165, 1.54) is 17.0 Å². The van der Waals surface area contributed by atoms with Gasteiger partial charge in [0.25, 0.3) is 5.91 Å². The Labute approximate surface area is 376 Å². The average molecular weight is 940 g/mol. The number of ether oxygens (including phenoxy) is 1. The molecular weight excluding hydrogens is 891 g/mol. The fourth-order valence-corrected chi connectivity index (χ4v) is 9.42. The third kappa shape index (κ3) is 10.7. The summed E-state index contributed by atoms with van der Waals surface area (Å²) in [6.07, 6.45) is 2.48. The monoisotopic (exact) mass is 939 g/mol. The van der Waals surface area contributed by atoms with E-state index in [0.29, 0.717) is 49.4 Å². The minimum Gasteiger partial charge on any atom is -0.490 e. The summed E-state index contributed by atoms with van der Waals surface area (Å²) >= 11 is 6.86. The Bertz CT molecular complexity index is 2570. The standard InChI is InChI=1S/C44H49ClF2N7O10P/c1-53-17-16-30-10-13-35(54(30)43(60)34(22-53)51-41(58)33-21-27-20-28(8-12-32(27)50-33)44(46,47)65(61,62)63)42(59)49-29(9-14-37(48)55)23-64-36-7-3-6-26(39(36)45)19-24-4-2-5-25(18-24)31-11-15-38(56)52-40(31)57/h2-8,12,18,20-21,29-31,34-35,50H,9-11,13-17,19,22-23H2,1H3,(H2,48,55)(H,49,59)(H,51,58)(H,52,56,57)(H2,61,62,63)/t29-,30+,31?,34-,35-/m0/s1. The number of H-pyrrole nitrogens is 1. The number of hydrogen-bond donors (Lipinski definition) is 7. The van der Waals surface area contributed by atoms with Crippen LogP contribution in [0.15, 0.2) is 66.7 Å². The van der Waals surface area contributed by atoms with Crippen LogP contribution in [0.1, 0.15) is 83.6 Å². The van der Waals surface area contributed by atoms with Gasteiger partial charge in [0.2, 0.25) is 29.5 Å². The maximum atomic E-state index is 14.4. The van der Waals surface area contributed by atoms with Crippen molar-refractivity contribution in [3.05, 3.63) is 99.7 Å². The summed E-state index contributed by atoms with van der Waals surface area (Å²) in [5, 5.41) is 8.47. The van der Waals surface area contributed by atoms with Gasteiger partial charge in [-0.25, -0.2) is 0 Å². The highest BCUT2D eigenvalue weighted by Gasteiger charge is 2.50. The molecule has 4 aromatic rings. The molecule has 21 heteroatoms. The summed E-state index contributed by atoms with van der Waals surface area (Å²) in [6, 6.07) is 13.7. The van der Waals surface area contributed by atoms with Crippen LogP contribution in [0.5, 0.6) is 5.75 Å². The Balaban J connectivity index is 1.03. The number of carbonyl (C=O) groups excluding carboxylic acids is 6. The van der Waals surface area contributed by atoms with Crippen LogP contribution in [0.2, 0.25) is 5.02 Å². The van der Waals surface area contributed by atoms with Gasteiger partial charge in [0.15, 0.2) is 0 Å². The van der Waals surface area contributed by atoms with Crippen molar-refractivity contribution in [1.82, 2.24) is 30.7 Å². The Hall–Kier alpha value is -5.72. The van der Waals surface area contributed by atoms with E-state index in [4.69, 9.17) is 22.1 Å². The SMILES string of the molecule is CN1CC[C@H]2CC[C@@H](C(=O)N[C@@H](CCC(N)=O)COc3cccc(Cc4cccc(C5CCC(=O)NC5=O)c4)c3Cl)N2C(=O)[C@@H](NC(=O)c2cc3cc(C(F)(F)P(=O)(O)O)ccc3[nH]2)C1. The van der Waals surface area contributed by atoms with Gasteiger partial charge in [-0.05, 0) is 93.1 Å². The summed E-state index contributed by atoms with van der Waals surface area (Å²) < 4.78 is 46.5. The van der Waals surface area contributed by atoms with Crippen LogP contribution in [0, 0.1) is 0 Å². The number of nitrogens with zero attached hydrogens (tertiary/aromatic N) is 2. The lowest BCUT2D eigenvalue weighted by atomic mass is 9.89. The number of aromatic amines is 1. The van der Waals surface area contributed by atoms with Crippen molar-refractivity contribution in [3.63, 3.8) is 0 Å². The molecule has 65 heavy (non-hydrogen) atoms. The smallest absolute Gasteiger partial charge is 0.399 e. The molecule has 0 spiro atoms. The van der Waals surface area contributed by atoms with Crippen LogP contribution in [-0.2, 0) is 40.6 Å². The summed E-state index contributed by atoms with van der Waals surface area (Å²) in [5.74, 6) is -3.11. The van der Waals surface area contributed by atoms with Gasteiger partial charge in [-0.15, -0.1) is 0 Å². The van der Waals surface area contributed by atoms with Crippen molar-refractivity contribution in [1.29, 1.82) is 0 Å². The Morgan fingerprint density at radius 1 is 1.03 bits per heavy atom. The lowest BCUT2D eigenvalue weighted by molar-refractivity contribution is -0.143. The first kappa shape index (κ1) is 47.2. The number of fused-ring (bicyclic) bond motifs is 2. The molecule has 3 saturated heterocycles. The van der Waals surface area contributed by atoms with Crippen LogP contribution in [0.3, 0.4) is 0 Å². The number of aromatic nitrogens is 1. The molecule has 0 aliphatic carbocycles. The highest BCUT2D eigenvalue weighted by Crippen LogP contribution is 2.59. The number of amides is 6. The summed E-state index contributed by atoms with van der Waals surface area (Å²) in [5.41, 5.74) is 2.63. The molecule has 4 heterocycles. The Morgan fingerprint density at radius 2 is 1.80 bits per heavy atom. The average Bonchev–Trinajstić information content (AvgIpc) is 3.88. The fraction of sp³-hybridized carbons (Fsp3) is 0.409. The highest BCUT2D eigenvalue weighted by molar-refractivity contribution is 7.52. The van der Waals surface area contributed by atoms with E-state index < -0.39 is 66.5 Å². The lowest BCUT2D eigenvalue weighted by Crippen LogP contribution is -2.60. The number of likely N-dealkylation sites (N-methyl/N-ethyl adjacent to an activating group) is 1. The molecule has 1 aromatic heterocycles. The quantitative estimate of drug-likeness (QED) is 0.0667. The zero-order valence-electron chi connectivity index (χ0n) is 35.2. The molecule has 3 aliphatic rings. The van der Waals surface area contributed by atoms with Gasteiger partial charge in [0.1, 0.15) is 30.1 Å². The van der Waals surface area contributed by atoms with Crippen molar-refractivity contribution < 1.29 is 56.6 Å². The number of halogens is 3. The molecule has 0 saturated carbocycles. The number of nitrogens with one attached hydrogen (secondary N) is 4. The molecule has 17 nitrogen and oxygen atoms in total. The number of nitrogens with two attached hydrogens (primary N) is 1. The van der Waals surface area contributed by atoms with Crippen LogP contribution in [-0.4, -0.2) is 111 Å². The molecule has 7 rings (SSSR count). The van der Waals surface area contributed by atoms with Gasteiger partial charge in [0.05, 0.1) is 17.0 Å². The van der Waals surface area contributed by atoms with Crippen molar-refractivity contribution in [3.8, 4) is 5.75 Å². The molecule has 5 atom stereocenters. The van der Waals surface area contributed by atoms with E-state index in [1.807, 2.05) is 35.2 Å². The molecule has 8 N–H and O–H groups in total. The molecule has 346 valence electrons. The van der Waals surface area contributed by atoms with E-state index in [9.17, 15) is 51.9 Å². The van der Waals surface area contributed by atoms with Gasteiger partial charge in [-0.2, -0.15) is 8.78 Å². The number of primary amides is 1. The van der Waals surface area contributed by atoms with Crippen LogP contribution < -0.4 is 26.4 Å². The number of hydrogen-bond acceptors (Lipinski definition) is 9. The number of rotatable bonds is 15. The maximum absolute atomic E-state index is 14.4. The number of carbonyl (C=O) groups is 6. The molecule has 3 aliphatic heterocycles. The van der Waals surface area contributed by atoms with Gasteiger partial charge < -0.3 is 45.7 Å². The summed E-state index contributed by atoms with van der Waals surface area (Å²) in [7, 11) is -4.05. The molecule has 6 amide bonds. The Morgan fingerprint density at radius 3 is 2.54 bits per heavy atom. The second-order valence-electron chi connectivity index (χ2n) is 16.8. The minimum atomic E-state index is -5.84. The first-order valence-electron chi connectivity index (χ1n) is 21.1. The number of piperidine rings is 1. The lowest BCUT2D eigenvalue weighted by Gasteiger charge is -2.38. The van der Waals surface area contributed by atoms with Gasteiger partial charge >= 0.3 is 13.3 Å². The first-order valence-corrected chi connectivity index (χ1v) is 23.1. The van der Waals surface area contributed by atoms with E-state index in [0.717, 1.165) is 28.8 Å². The van der Waals surface area contributed by atoms with Crippen LogP contribution in [0.25, 0.3) is 10.9 Å². The highest BCUT2D eigenvalue weighted by atomic mass is 35.5. The van der Waals surface area contributed by atoms with Crippen LogP contribution in [0.4, 0.5) is 8.78 Å². The molecule has 3 fully saturated rings. The predicted molar refractivity (Wildman–Crippen MR) is 233 cm³/mol. The number of benzene rings is 3. The molecular formula is C44H49ClF2N7O10P. The molecule has 0 bridgehead atoms. The second kappa shape index (κ2) is 19.4. The molecule has 3 aromatic carbocycles. The summed E-state index contributed by atoms with van der Waals surface area (Å²) in [4.78, 5) is 103. The minimum absolute atomic E-state index is 0.0802. The van der Waals surface area contributed by atoms with E-state index in [2.05, 4.69) is 20.9 Å². The number of imide groups is 1. The maximum Gasteiger partial charge on any atom is 0.399 e. The third-order valence-corrected chi connectivity index (χ3v) is 13.6. The van der Waals surface area contributed by atoms with E-state index in [-0.39, 0.29) is 66.9 Å². The van der Waals surface area contributed by atoms with Crippen LogP contribution >= 0.6 is 19.2 Å².